The van der Waals surface area contributed by atoms with Crippen LogP contribution in [0.2, 0.25) is 5.15 Å². The first-order chi connectivity index (χ1) is 12.9. The second-order valence-electron chi connectivity index (χ2n) is 7.11. The largest absolute Gasteiger partial charge is 0.383 e. The molecule has 8 heteroatoms. The van der Waals surface area contributed by atoms with Gasteiger partial charge in [-0.25, -0.2) is 9.97 Å². The predicted octanol–water partition coefficient (Wildman–Crippen LogP) is 3.64. The van der Waals surface area contributed by atoms with Crippen LogP contribution in [0, 0.1) is 0 Å². The summed E-state index contributed by atoms with van der Waals surface area (Å²) in [6.45, 7) is 2.65. The van der Waals surface area contributed by atoms with Crippen LogP contribution in [0.4, 0.5) is 11.5 Å². The van der Waals surface area contributed by atoms with Gasteiger partial charge in [-0.1, -0.05) is 30.7 Å². The van der Waals surface area contributed by atoms with Gasteiger partial charge in [0.05, 0.1) is 12.0 Å². The molecule has 0 unspecified atom stereocenters. The Morgan fingerprint density at radius 1 is 1.33 bits per heavy atom. The first-order valence-electron chi connectivity index (χ1n) is 8.66. The molecule has 140 valence electrons. The molecule has 27 heavy (non-hydrogen) atoms. The highest BCUT2D eigenvalue weighted by Crippen LogP contribution is 2.53. The Labute approximate surface area is 161 Å². The van der Waals surface area contributed by atoms with Gasteiger partial charge in [0.1, 0.15) is 16.6 Å². The standard InChI is InChI=1S/C19H20ClN5O2/c1-19(7-8-19)13-12-15(21)24-17(25-16(12)23-14(13)20)18(26)22-11-5-3-10(4-6-11)9-27-2/h3-6H,7-9H2,1-2H3,(H,22,26)(H3,21,23,24,25). The van der Waals surface area contributed by atoms with Crippen molar-refractivity contribution >= 4 is 40.0 Å². The monoisotopic (exact) mass is 385 g/mol. The van der Waals surface area contributed by atoms with E-state index >= 15 is 0 Å². The summed E-state index contributed by atoms with van der Waals surface area (Å²) in [4.78, 5) is 24.1. The van der Waals surface area contributed by atoms with Gasteiger partial charge in [0.15, 0.2) is 0 Å². The highest BCUT2D eigenvalue weighted by Gasteiger charge is 2.43. The number of nitrogens with one attached hydrogen (secondary N) is 2. The van der Waals surface area contributed by atoms with E-state index in [1.165, 1.54) is 0 Å². The summed E-state index contributed by atoms with van der Waals surface area (Å²) < 4.78 is 5.08. The Hall–Kier alpha value is -2.64. The first kappa shape index (κ1) is 17.8. The van der Waals surface area contributed by atoms with Crippen LogP contribution in [0.1, 0.15) is 41.5 Å². The van der Waals surface area contributed by atoms with Crippen molar-refractivity contribution in [1.82, 2.24) is 15.0 Å². The molecule has 0 aliphatic heterocycles. The van der Waals surface area contributed by atoms with Crippen LogP contribution in [0.3, 0.4) is 0 Å². The number of benzene rings is 1. The molecule has 1 aromatic carbocycles. The van der Waals surface area contributed by atoms with Crippen molar-refractivity contribution in [2.24, 2.45) is 0 Å². The number of nitrogen functional groups attached to an aromatic ring is 1. The Morgan fingerprint density at radius 3 is 2.67 bits per heavy atom. The quantitative estimate of drug-likeness (QED) is 0.621. The van der Waals surface area contributed by atoms with Crippen molar-refractivity contribution in [1.29, 1.82) is 0 Å². The van der Waals surface area contributed by atoms with Crippen molar-refractivity contribution in [3.8, 4) is 0 Å². The van der Waals surface area contributed by atoms with E-state index in [1.54, 1.807) is 19.2 Å². The van der Waals surface area contributed by atoms with Crippen LogP contribution in [-0.2, 0) is 16.8 Å². The lowest BCUT2D eigenvalue weighted by Gasteiger charge is -2.09. The van der Waals surface area contributed by atoms with Crippen LogP contribution >= 0.6 is 11.6 Å². The minimum atomic E-state index is -0.437. The van der Waals surface area contributed by atoms with Gasteiger partial charge >= 0.3 is 0 Å². The molecule has 1 fully saturated rings. The minimum absolute atomic E-state index is 0.000534. The molecule has 0 bridgehead atoms. The Bertz CT molecular complexity index is 1020. The third-order valence-electron chi connectivity index (χ3n) is 4.96. The summed E-state index contributed by atoms with van der Waals surface area (Å²) >= 11 is 6.38. The molecular formula is C19H20ClN5O2. The van der Waals surface area contributed by atoms with E-state index in [1.807, 2.05) is 12.1 Å². The summed E-state index contributed by atoms with van der Waals surface area (Å²) in [5.74, 6) is -0.189. The maximum absolute atomic E-state index is 12.6. The molecule has 1 saturated carbocycles. The van der Waals surface area contributed by atoms with E-state index < -0.39 is 5.91 Å². The molecule has 1 aliphatic carbocycles. The molecule has 3 aromatic rings. The lowest BCUT2D eigenvalue weighted by molar-refractivity contribution is 0.101. The van der Waals surface area contributed by atoms with E-state index in [-0.39, 0.29) is 17.1 Å². The Kier molecular flexibility index (Phi) is 4.28. The fourth-order valence-electron chi connectivity index (χ4n) is 3.23. The third-order valence-corrected chi connectivity index (χ3v) is 5.25. The topological polar surface area (TPSA) is 106 Å². The summed E-state index contributed by atoms with van der Waals surface area (Å²) in [6, 6.07) is 7.35. The molecule has 0 radical (unpaired) electrons. The summed E-state index contributed by atoms with van der Waals surface area (Å²) in [5, 5.41) is 4.00. The average Bonchev–Trinajstić information content (AvgIpc) is 3.27. The highest BCUT2D eigenvalue weighted by molar-refractivity contribution is 6.32. The van der Waals surface area contributed by atoms with E-state index in [4.69, 9.17) is 22.1 Å². The number of H-pyrrole nitrogens is 1. The number of rotatable bonds is 5. The lowest BCUT2D eigenvalue weighted by Crippen LogP contribution is -2.17. The number of fused-ring (bicyclic) bond motifs is 1. The van der Waals surface area contributed by atoms with Gasteiger partial charge in [0.25, 0.3) is 5.91 Å². The van der Waals surface area contributed by atoms with Gasteiger partial charge in [0, 0.05) is 18.4 Å². The molecule has 0 spiro atoms. The van der Waals surface area contributed by atoms with Gasteiger partial charge in [-0.15, -0.1) is 0 Å². The van der Waals surface area contributed by atoms with Crippen LogP contribution < -0.4 is 11.1 Å². The number of carbonyl (C=O) groups is 1. The predicted molar refractivity (Wildman–Crippen MR) is 105 cm³/mol. The zero-order chi connectivity index (χ0) is 19.2. The maximum atomic E-state index is 12.6. The zero-order valence-corrected chi connectivity index (χ0v) is 15.9. The van der Waals surface area contributed by atoms with Gasteiger partial charge < -0.3 is 20.8 Å². The first-order valence-corrected chi connectivity index (χ1v) is 9.03. The van der Waals surface area contributed by atoms with E-state index in [2.05, 4.69) is 27.2 Å². The molecule has 7 nitrogen and oxygen atoms in total. The third kappa shape index (κ3) is 3.24. The van der Waals surface area contributed by atoms with Crippen molar-refractivity contribution in [2.75, 3.05) is 18.2 Å². The lowest BCUT2D eigenvalue weighted by atomic mass is 9.99. The number of hydrogen-bond acceptors (Lipinski definition) is 5. The highest BCUT2D eigenvalue weighted by atomic mass is 35.5. The molecule has 1 aliphatic rings. The van der Waals surface area contributed by atoms with Crippen molar-refractivity contribution in [2.45, 2.75) is 31.8 Å². The summed E-state index contributed by atoms with van der Waals surface area (Å²) in [5.41, 5.74) is 9.23. The molecule has 2 aromatic heterocycles. The second kappa shape index (κ2) is 6.51. The number of carbonyl (C=O) groups excluding carboxylic acids is 1. The normalized spacial score (nSPS) is 15.1. The van der Waals surface area contributed by atoms with Gasteiger partial charge in [-0.05, 0) is 36.0 Å². The number of nitrogens with two attached hydrogens (primary N) is 1. The van der Waals surface area contributed by atoms with Crippen LogP contribution in [0.25, 0.3) is 11.0 Å². The maximum Gasteiger partial charge on any atom is 0.293 e. The number of ether oxygens (including phenoxy) is 1. The fraction of sp³-hybridized carbons (Fsp3) is 0.316. The van der Waals surface area contributed by atoms with Crippen LogP contribution in [0.15, 0.2) is 24.3 Å². The van der Waals surface area contributed by atoms with Crippen molar-refractivity contribution in [3.05, 3.63) is 46.4 Å². The molecule has 4 rings (SSSR count). The number of aromatic amines is 1. The fourth-order valence-corrected chi connectivity index (χ4v) is 3.65. The van der Waals surface area contributed by atoms with E-state index in [9.17, 15) is 4.79 Å². The minimum Gasteiger partial charge on any atom is -0.383 e. The number of nitrogens with zero attached hydrogens (tertiary/aromatic N) is 2. The molecule has 2 heterocycles. The van der Waals surface area contributed by atoms with Gasteiger partial charge in [0.2, 0.25) is 5.82 Å². The van der Waals surface area contributed by atoms with Gasteiger partial charge in [-0.3, -0.25) is 4.79 Å². The second-order valence-corrected chi connectivity index (χ2v) is 7.49. The molecule has 4 N–H and O–H groups in total. The van der Waals surface area contributed by atoms with Crippen LogP contribution in [-0.4, -0.2) is 28.0 Å². The summed E-state index contributed by atoms with van der Waals surface area (Å²) in [7, 11) is 1.63. The Morgan fingerprint density at radius 2 is 2.04 bits per heavy atom. The smallest absolute Gasteiger partial charge is 0.293 e. The zero-order valence-electron chi connectivity index (χ0n) is 15.1. The Balaban J connectivity index is 1.63. The summed E-state index contributed by atoms with van der Waals surface area (Å²) in [6.07, 6.45) is 2.08. The number of aromatic nitrogens is 3. The van der Waals surface area contributed by atoms with Crippen LogP contribution in [0.5, 0.6) is 0 Å². The molecule has 1 amide bonds. The van der Waals surface area contributed by atoms with Crippen molar-refractivity contribution in [3.63, 3.8) is 0 Å². The number of hydrogen-bond donors (Lipinski definition) is 3. The molecule has 0 atom stereocenters. The number of amides is 1. The SMILES string of the molecule is COCc1ccc(NC(=O)c2nc(N)c3c(C4(C)CC4)c(Cl)[nH]c3n2)cc1. The van der Waals surface area contributed by atoms with Crippen molar-refractivity contribution < 1.29 is 9.53 Å². The molecule has 0 saturated heterocycles. The molecular weight excluding hydrogens is 366 g/mol. The average molecular weight is 386 g/mol. The van der Waals surface area contributed by atoms with Gasteiger partial charge in [-0.2, -0.15) is 0 Å². The van der Waals surface area contributed by atoms with E-state index in [0.29, 0.717) is 28.5 Å². The number of halogens is 1. The van der Waals surface area contributed by atoms with E-state index in [0.717, 1.165) is 24.0 Å². The number of anilines is 2. The number of methoxy groups -OCH3 is 1.